The average molecular weight is 451 g/mol. The number of barbiturate groups is 1. The Balaban J connectivity index is 1.66. The van der Waals surface area contributed by atoms with Crippen molar-refractivity contribution in [1.29, 1.82) is 0 Å². The maximum atomic E-state index is 13.4. The standard InChI is InChI=1S/C23H28Cl2N2O3/c24-16-12-11-15(20(25)14-16)13-19-21(28)26(17-7-3-1-4-8-17)23(30)27(22(19)29)18-9-5-2-6-10-18/h11-12,14,17-19H,1-10,13H2. The first-order valence-electron chi connectivity index (χ1n) is 11.1. The Labute approximate surface area is 187 Å². The van der Waals surface area contributed by atoms with E-state index in [1.807, 2.05) is 0 Å². The first-order valence-corrected chi connectivity index (χ1v) is 11.9. The number of carbonyl (C=O) groups excluding carboxylic acids is 3. The fourth-order valence-electron chi connectivity index (χ4n) is 5.18. The van der Waals surface area contributed by atoms with Gasteiger partial charge >= 0.3 is 6.03 Å². The molecule has 0 aromatic heterocycles. The van der Waals surface area contributed by atoms with Crippen molar-refractivity contribution in [3.63, 3.8) is 0 Å². The largest absolute Gasteiger partial charge is 0.333 e. The van der Waals surface area contributed by atoms with Crippen molar-refractivity contribution in [1.82, 2.24) is 9.80 Å². The van der Waals surface area contributed by atoms with E-state index in [-0.39, 0.29) is 30.3 Å². The zero-order valence-electron chi connectivity index (χ0n) is 17.1. The summed E-state index contributed by atoms with van der Waals surface area (Å²) in [5, 5.41) is 0.946. The van der Waals surface area contributed by atoms with Gasteiger partial charge in [-0.3, -0.25) is 19.4 Å². The zero-order valence-corrected chi connectivity index (χ0v) is 18.6. The van der Waals surface area contributed by atoms with Crippen LogP contribution in [0, 0.1) is 5.92 Å². The normalized spacial score (nSPS) is 22.8. The van der Waals surface area contributed by atoms with Crippen LogP contribution in [0.3, 0.4) is 0 Å². The van der Waals surface area contributed by atoms with Crippen molar-refractivity contribution in [2.24, 2.45) is 5.92 Å². The molecular weight excluding hydrogens is 423 g/mol. The van der Waals surface area contributed by atoms with E-state index in [0.717, 1.165) is 64.2 Å². The maximum absolute atomic E-state index is 13.4. The summed E-state index contributed by atoms with van der Waals surface area (Å²) in [5.74, 6) is -1.64. The van der Waals surface area contributed by atoms with Gasteiger partial charge in [0, 0.05) is 22.1 Å². The van der Waals surface area contributed by atoms with E-state index < -0.39 is 11.9 Å². The zero-order chi connectivity index (χ0) is 21.3. The highest BCUT2D eigenvalue weighted by atomic mass is 35.5. The number of nitrogens with zero attached hydrogens (tertiary/aromatic N) is 2. The molecule has 3 aliphatic rings. The highest BCUT2D eigenvalue weighted by molar-refractivity contribution is 6.35. The van der Waals surface area contributed by atoms with Crippen LogP contribution in [0.4, 0.5) is 4.79 Å². The molecule has 0 unspecified atom stereocenters. The molecule has 0 spiro atoms. The van der Waals surface area contributed by atoms with Gasteiger partial charge in [0.05, 0.1) is 0 Å². The smallest absolute Gasteiger partial charge is 0.273 e. The number of amides is 4. The fourth-order valence-corrected chi connectivity index (χ4v) is 5.66. The molecule has 1 aromatic rings. The Bertz CT molecular complexity index is 792. The number of halogens is 2. The van der Waals surface area contributed by atoms with E-state index in [9.17, 15) is 14.4 Å². The van der Waals surface area contributed by atoms with E-state index in [1.165, 1.54) is 9.80 Å². The van der Waals surface area contributed by atoms with Crippen LogP contribution in [0.15, 0.2) is 18.2 Å². The summed E-state index contributed by atoms with van der Waals surface area (Å²) in [5.41, 5.74) is 0.703. The average Bonchev–Trinajstić information content (AvgIpc) is 2.74. The molecule has 4 rings (SSSR count). The Hall–Kier alpha value is -1.59. The summed E-state index contributed by atoms with van der Waals surface area (Å²) in [4.78, 5) is 43.2. The maximum Gasteiger partial charge on any atom is 0.333 e. The second kappa shape index (κ2) is 9.27. The number of urea groups is 1. The van der Waals surface area contributed by atoms with Gasteiger partial charge in [-0.1, -0.05) is 67.8 Å². The van der Waals surface area contributed by atoms with Crippen molar-refractivity contribution in [2.75, 3.05) is 0 Å². The summed E-state index contributed by atoms with van der Waals surface area (Å²) >= 11 is 12.3. The summed E-state index contributed by atoms with van der Waals surface area (Å²) in [6, 6.07) is 4.48. The van der Waals surface area contributed by atoms with Crippen LogP contribution in [-0.2, 0) is 16.0 Å². The van der Waals surface area contributed by atoms with Gasteiger partial charge in [0.25, 0.3) is 0 Å². The number of hydrogen-bond donors (Lipinski definition) is 0. The van der Waals surface area contributed by atoms with Crippen molar-refractivity contribution in [3.8, 4) is 0 Å². The predicted octanol–water partition coefficient (Wildman–Crippen LogP) is 5.61. The summed E-state index contributed by atoms with van der Waals surface area (Å²) < 4.78 is 0. The summed E-state index contributed by atoms with van der Waals surface area (Å²) in [6.45, 7) is 0. The van der Waals surface area contributed by atoms with E-state index in [2.05, 4.69) is 0 Å². The molecule has 0 N–H and O–H groups in total. The molecule has 1 heterocycles. The Morgan fingerprint density at radius 3 is 1.73 bits per heavy atom. The van der Waals surface area contributed by atoms with Gasteiger partial charge in [0.1, 0.15) is 5.92 Å². The minimum absolute atomic E-state index is 0.110. The second-order valence-corrected chi connectivity index (χ2v) is 9.62. The van der Waals surface area contributed by atoms with Gasteiger partial charge in [-0.05, 0) is 49.8 Å². The lowest BCUT2D eigenvalue weighted by molar-refractivity contribution is -0.153. The molecule has 2 aliphatic carbocycles. The molecular formula is C23H28Cl2N2O3. The molecule has 2 saturated carbocycles. The second-order valence-electron chi connectivity index (χ2n) is 8.78. The molecule has 4 amide bonds. The highest BCUT2D eigenvalue weighted by Gasteiger charge is 2.50. The van der Waals surface area contributed by atoms with Gasteiger partial charge < -0.3 is 0 Å². The Morgan fingerprint density at radius 2 is 1.27 bits per heavy atom. The van der Waals surface area contributed by atoms with E-state index in [4.69, 9.17) is 23.2 Å². The quantitative estimate of drug-likeness (QED) is 0.560. The lowest BCUT2D eigenvalue weighted by atomic mass is 9.87. The van der Waals surface area contributed by atoms with Crippen LogP contribution < -0.4 is 0 Å². The number of imide groups is 2. The van der Waals surface area contributed by atoms with Crippen LogP contribution in [0.25, 0.3) is 0 Å². The summed E-state index contributed by atoms with van der Waals surface area (Å²) in [7, 11) is 0. The molecule has 162 valence electrons. The monoisotopic (exact) mass is 450 g/mol. The van der Waals surface area contributed by atoms with E-state index in [1.54, 1.807) is 18.2 Å². The van der Waals surface area contributed by atoms with Crippen LogP contribution in [-0.4, -0.2) is 39.7 Å². The SMILES string of the molecule is O=C1C(Cc2ccc(Cl)cc2Cl)C(=O)N(C2CCCCC2)C(=O)N1C1CCCCC1. The van der Waals surface area contributed by atoms with Gasteiger partial charge in [-0.25, -0.2) is 4.79 Å². The number of carbonyl (C=O) groups is 3. The first kappa shape index (κ1) is 21.6. The molecule has 0 bridgehead atoms. The van der Waals surface area contributed by atoms with E-state index in [0.29, 0.717) is 15.6 Å². The Morgan fingerprint density at radius 1 is 0.767 bits per heavy atom. The fraction of sp³-hybridized carbons (Fsp3) is 0.609. The van der Waals surface area contributed by atoms with Gasteiger partial charge in [0.15, 0.2) is 0 Å². The third kappa shape index (κ3) is 4.24. The van der Waals surface area contributed by atoms with Crippen LogP contribution in [0.2, 0.25) is 10.0 Å². The minimum atomic E-state index is -0.912. The van der Waals surface area contributed by atoms with Crippen molar-refractivity contribution >= 4 is 41.0 Å². The molecule has 3 fully saturated rings. The molecule has 1 saturated heterocycles. The number of hydrogen-bond acceptors (Lipinski definition) is 3. The Kier molecular flexibility index (Phi) is 6.69. The van der Waals surface area contributed by atoms with Crippen LogP contribution in [0.1, 0.15) is 69.8 Å². The summed E-state index contributed by atoms with van der Waals surface area (Å²) in [6.07, 6.45) is 9.74. The van der Waals surface area contributed by atoms with Crippen molar-refractivity contribution < 1.29 is 14.4 Å². The molecule has 5 nitrogen and oxygen atoms in total. The topological polar surface area (TPSA) is 57.7 Å². The minimum Gasteiger partial charge on any atom is -0.273 e. The molecule has 0 radical (unpaired) electrons. The third-order valence-corrected chi connectivity index (χ3v) is 7.39. The lowest BCUT2D eigenvalue weighted by Crippen LogP contribution is -2.65. The molecule has 1 aliphatic heterocycles. The predicted molar refractivity (Wildman–Crippen MR) is 116 cm³/mol. The molecule has 0 atom stereocenters. The first-order chi connectivity index (χ1) is 14.5. The van der Waals surface area contributed by atoms with Gasteiger partial charge in [-0.15, -0.1) is 0 Å². The molecule has 1 aromatic carbocycles. The van der Waals surface area contributed by atoms with Crippen LogP contribution in [0.5, 0.6) is 0 Å². The van der Waals surface area contributed by atoms with Gasteiger partial charge in [-0.2, -0.15) is 0 Å². The third-order valence-electron chi connectivity index (χ3n) is 6.80. The lowest BCUT2D eigenvalue weighted by Gasteiger charge is -2.45. The van der Waals surface area contributed by atoms with E-state index >= 15 is 0 Å². The highest BCUT2D eigenvalue weighted by Crippen LogP contribution is 2.34. The van der Waals surface area contributed by atoms with Crippen molar-refractivity contribution in [3.05, 3.63) is 33.8 Å². The molecule has 30 heavy (non-hydrogen) atoms. The number of rotatable bonds is 4. The van der Waals surface area contributed by atoms with Crippen LogP contribution >= 0.6 is 23.2 Å². The van der Waals surface area contributed by atoms with Crippen molar-refractivity contribution in [2.45, 2.75) is 82.7 Å². The van der Waals surface area contributed by atoms with Gasteiger partial charge in [0.2, 0.25) is 11.8 Å². The number of benzene rings is 1. The molecule has 7 heteroatoms.